The van der Waals surface area contributed by atoms with E-state index in [1.165, 1.54) is 10.9 Å². The molecule has 0 radical (unpaired) electrons. The number of nitrogens with one attached hydrogen (secondary N) is 1. The smallest absolute Gasteiger partial charge is 0.265 e. The quantitative estimate of drug-likeness (QED) is 0.770. The van der Waals surface area contributed by atoms with E-state index in [1.807, 2.05) is 35.1 Å². The Balaban J connectivity index is 1.83. The van der Waals surface area contributed by atoms with E-state index in [2.05, 4.69) is 5.10 Å². The highest BCUT2D eigenvalue weighted by Gasteiger charge is 2.20. The highest BCUT2D eigenvalue weighted by molar-refractivity contribution is 7.92. The number of halogens is 2. The van der Waals surface area contributed by atoms with Gasteiger partial charge in [-0.2, -0.15) is 5.10 Å². The van der Waals surface area contributed by atoms with Gasteiger partial charge in [0.15, 0.2) is 0 Å². The van der Waals surface area contributed by atoms with E-state index in [0.717, 1.165) is 30.0 Å². The van der Waals surface area contributed by atoms with Crippen LogP contribution >= 0.6 is 0 Å². The minimum absolute atomic E-state index is 0.180. The second-order valence-corrected chi connectivity index (χ2v) is 6.74. The lowest BCUT2D eigenvalue weighted by molar-refractivity contribution is 0.582. The summed E-state index contributed by atoms with van der Waals surface area (Å²) in [5, 5.41) is 3.97. The normalized spacial score (nSPS) is 11.4. The monoisotopic (exact) mass is 349 g/mol. The molecule has 1 N–H and O–H groups in total. The van der Waals surface area contributed by atoms with Crippen LogP contribution in [0, 0.1) is 11.6 Å². The van der Waals surface area contributed by atoms with Crippen molar-refractivity contribution in [2.24, 2.45) is 0 Å². The number of nitrogens with zero attached hydrogens (tertiary/aromatic N) is 2. The van der Waals surface area contributed by atoms with Gasteiger partial charge in [-0.3, -0.25) is 9.40 Å². The van der Waals surface area contributed by atoms with Crippen molar-refractivity contribution in [3.05, 3.63) is 78.1 Å². The average molecular weight is 349 g/mol. The Hall–Kier alpha value is -2.74. The fourth-order valence-corrected chi connectivity index (χ4v) is 3.16. The van der Waals surface area contributed by atoms with Crippen LogP contribution in [0.3, 0.4) is 0 Å². The highest BCUT2D eigenvalue weighted by atomic mass is 32.2. The van der Waals surface area contributed by atoms with Gasteiger partial charge >= 0.3 is 0 Å². The van der Waals surface area contributed by atoms with Crippen LogP contribution in [0.4, 0.5) is 14.5 Å². The molecule has 0 saturated heterocycles. The third-order valence-electron chi connectivity index (χ3n) is 3.31. The van der Waals surface area contributed by atoms with E-state index in [9.17, 15) is 17.2 Å². The topological polar surface area (TPSA) is 64.0 Å². The number of rotatable bonds is 5. The van der Waals surface area contributed by atoms with Crippen LogP contribution in [0.2, 0.25) is 0 Å². The molecule has 3 aromatic rings. The largest absolute Gasteiger partial charge is 0.274 e. The summed E-state index contributed by atoms with van der Waals surface area (Å²) in [6.07, 6.45) is 2.43. The van der Waals surface area contributed by atoms with E-state index in [0.29, 0.717) is 6.54 Å². The lowest BCUT2D eigenvalue weighted by Gasteiger charge is -2.08. The molecule has 3 rings (SSSR count). The van der Waals surface area contributed by atoms with E-state index in [1.54, 1.807) is 0 Å². The third kappa shape index (κ3) is 3.43. The molecule has 0 bridgehead atoms. The van der Waals surface area contributed by atoms with Gasteiger partial charge in [0.25, 0.3) is 10.0 Å². The zero-order valence-electron chi connectivity index (χ0n) is 12.4. The first-order valence-electron chi connectivity index (χ1n) is 6.99. The fourth-order valence-electron chi connectivity index (χ4n) is 2.13. The molecule has 0 atom stereocenters. The minimum Gasteiger partial charge on any atom is -0.274 e. The molecule has 0 fully saturated rings. The predicted octanol–water partition coefficient (Wildman–Crippen LogP) is 3.01. The van der Waals surface area contributed by atoms with Crippen LogP contribution in [0.15, 0.2) is 65.8 Å². The molecule has 5 nitrogen and oxygen atoms in total. The van der Waals surface area contributed by atoms with Crippen molar-refractivity contribution >= 4 is 15.7 Å². The Bertz CT molecular complexity index is 936. The maximum atomic E-state index is 13.6. The number of hydrogen-bond donors (Lipinski definition) is 1. The van der Waals surface area contributed by atoms with E-state index >= 15 is 0 Å². The summed E-state index contributed by atoms with van der Waals surface area (Å²) in [5.41, 5.74) is 0.228. The van der Waals surface area contributed by atoms with Crippen LogP contribution in [0.25, 0.3) is 0 Å². The molecule has 0 aliphatic rings. The van der Waals surface area contributed by atoms with Gasteiger partial charge in [0.1, 0.15) is 22.2 Å². The highest BCUT2D eigenvalue weighted by Crippen LogP contribution is 2.22. The van der Waals surface area contributed by atoms with Gasteiger partial charge in [-0.05, 0) is 17.7 Å². The van der Waals surface area contributed by atoms with Gasteiger partial charge in [0.05, 0.1) is 12.7 Å². The Morgan fingerprint density at radius 2 is 1.67 bits per heavy atom. The molecule has 1 heterocycles. The number of hydrogen-bond acceptors (Lipinski definition) is 3. The maximum absolute atomic E-state index is 13.6. The average Bonchev–Trinajstić information content (AvgIpc) is 3.02. The van der Waals surface area contributed by atoms with Crippen LogP contribution in [-0.4, -0.2) is 18.2 Å². The Labute approximate surface area is 137 Å². The van der Waals surface area contributed by atoms with E-state index < -0.39 is 27.3 Å². The van der Waals surface area contributed by atoms with Crippen molar-refractivity contribution in [2.75, 3.05) is 4.72 Å². The minimum atomic E-state index is -4.14. The Morgan fingerprint density at radius 3 is 2.33 bits per heavy atom. The zero-order chi connectivity index (χ0) is 17.2. The SMILES string of the molecule is O=S(=O)(Nc1c(F)cccc1F)c1cnn(Cc2ccccc2)c1. The molecule has 0 saturated carbocycles. The van der Waals surface area contributed by atoms with Gasteiger partial charge in [-0.15, -0.1) is 0 Å². The van der Waals surface area contributed by atoms with Crippen LogP contribution in [0.5, 0.6) is 0 Å². The van der Waals surface area contributed by atoms with Crippen LogP contribution in [0.1, 0.15) is 5.56 Å². The third-order valence-corrected chi connectivity index (χ3v) is 4.61. The van der Waals surface area contributed by atoms with Crippen molar-refractivity contribution in [3.8, 4) is 0 Å². The fraction of sp³-hybridized carbons (Fsp3) is 0.0625. The molecule has 24 heavy (non-hydrogen) atoms. The summed E-state index contributed by atoms with van der Waals surface area (Å²) in [6, 6.07) is 12.4. The second kappa shape index (κ2) is 6.40. The lowest BCUT2D eigenvalue weighted by Crippen LogP contribution is -2.14. The van der Waals surface area contributed by atoms with E-state index in [-0.39, 0.29) is 4.90 Å². The summed E-state index contributed by atoms with van der Waals surface area (Å²) >= 11 is 0. The molecule has 124 valence electrons. The molecule has 8 heteroatoms. The summed E-state index contributed by atoms with van der Waals surface area (Å²) in [7, 11) is -4.14. The van der Waals surface area contributed by atoms with Gasteiger partial charge in [0, 0.05) is 6.20 Å². The van der Waals surface area contributed by atoms with Crippen LogP contribution in [-0.2, 0) is 16.6 Å². The Morgan fingerprint density at radius 1 is 1.00 bits per heavy atom. The first-order valence-corrected chi connectivity index (χ1v) is 8.47. The van der Waals surface area contributed by atoms with Crippen molar-refractivity contribution in [1.29, 1.82) is 0 Å². The van der Waals surface area contributed by atoms with Crippen molar-refractivity contribution in [2.45, 2.75) is 11.4 Å². The van der Waals surface area contributed by atoms with Crippen molar-refractivity contribution in [1.82, 2.24) is 9.78 Å². The van der Waals surface area contributed by atoms with Gasteiger partial charge < -0.3 is 0 Å². The van der Waals surface area contributed by atoms with Crippen molar-refractivity contribution in [3.63, 3.8) is 0 Å². The standard InChI is InChI=1S/C16H13F2N3O2S/c17-14-7-4-8-15(18)16(14)20-24(22,23)13-9-19-21(11-13)10-12-5-2-1-3-6-12/h1-9,11,20H,10H2. The number of anilines is 1. The Kier molecular flexibility index (Phi) is 4.30. The number of para-hydroxylation sites is 1. The van der Waals surface area contributed by atoms with Gasteiger partial charge in [-0.1, -0.05) is 36.4 Å². The summed E-state index contributed by atoms with van der Waals surface area (Å²) in [6.45, 7) is 0.379. The lowest BCUT2D eigenvalue weighted by atomic mass is 10.2. The number of aromatic nitrogens is 2. The van der Waals surface area contributed by atoms with Gasteiger partial charge in [-0.25, -0.2) is 17.2 Å². The first-order chi connectivity index (χ1) is 11.5. The molecule has 2 aromatic carbocycles. The molecular formula is C16H13F2N3O2S. The van der Waals surface area contributed by atoms with Gasteiger partial charge in [0.2, 0.25) is 0 Å². The molecule has 0 unspecified atom stereocenters. The molecule has 0 aliphatic heterocycles. The molecule has 0 amide bonds. The summed E-state index contributed by atoms with van der Waals surface area (Å²) in [5.74, 6) is -1.98. The molecule has 0 spiro atoms. The molecule has 1 aromatic heterocycles. The molecular weight excluding hydrogens is 336 g/mol. The second-order valence-electron chi connectivity index (χ2n) is 5.06. The summed E-state index contributed by atoms with van der Waals surface area (Å²) < 4.78 is 55.1. The molecule has 0 aliphatic carbocycles. The first kappa shape index (κ1) is 16.1. The van der Waals surface area contributed by atoms with Crippen molar-refractivity contribution < 1.29 is 17.2 Å². The predicted molar refractivity (Wildman–Crippen MR) is 84.9 cm³/mol. The van der Waals surface area contributed by atoms with E-state index in [4.69, 9.17) is 0 Å². The maximum Gasteiger partial charge on any atom is 0.265 e. The number of sulfonamides is 1. The number of benzene rings is 2. The zero-order valence-corrected chi connectivity index (χ0v) is 13.2. The summed E-state index contributed by atoms with van der Waals surface area (Å²) in [4.78, 5) is -0.180. The van der Waals surface area contributed by atoms with Crippen LogP contribution < -0.4 is 4.72 Å².